The van der Waals surface area contributed by atoms with Crippen LogP contribution < -0.4 is 0 Å². The molecule has 0 spiro atoms. The summed E-state index contributed by atoms with van der Waals surface area (Å²) >= 11 is 0. The molecule has 0 amide bonds. The third-order valence-corrected chi connectivity index (χ3v) is 3.61. The van der Waals surface area contributed by atoms with E-state index in [1.165, 1.54) is 0 Å². The van der Waals surface area contributed by atoms with Crippen LogP contribution in [0.3, 0.4) is 0 Å². The molecule has 2 N–H and O–H groups in total. The van der Waals surface area contributed by atoms with Crippen molar-refractivity contribution in [1.82, 2.24) is 0 Å². The average molecular weight is 422 g/mol. The number of aliphatic hydroxyl groups is 2. The highest BCUT2D eigenvalue weighted by Crippen LogP contribution is 2.30. The van der Waals surface area contributed by atoms with Gasteiger partial charge in [0.1, 0.15) is 18.8 Å². The Hall–Kier alpha value is -2.28. The summed E-state index contributed by atoms with van der Waals surface area (Å²) < 4.78 is 31.5. The van der Waals surface area contributed by atoms with Crippen molar-refractivity contribution in [2.45, 2.75) is 64.5 Å². The highest BCUT2D eigenvalue weighted by Gasteiger charge is 2.52. The number of esters is 4. The summed E-state index contributed by atoms with van der Waals surface area (Å²) in [5, 5.41) is 18.5. The van der Waals surface area contributed by atoms with Crippen molar-refractivity contribution < 1.29 is 57.8 Å². The van der Waals surface area contributed by atoms with Crippen LogP contribution >= 0.6 is 0 Å². The van der Waals surface area contributed by atoms with E-state index in [1.54, 1.807) is 0 Å². The first-order valence-corrected chi connectivity index (χ1v) is 8.76. The molecule has 1 aliphatic heterocycles. The lowest BCUT2D eigenvalue weighted by atomic mass is 9.98. The normalized spacial score (nSPS) is 27.4. The fourth-order valence-corrected chi connectivity index (χ4v) is 2.58. The van der Waals surface area contributed by atoms with Gasteiger partial charge in [0.2, 0.25) is 0 Å². The summed E-state index contributed by atoms with van der Waals surface area (Å²) in [4.78, 5) is 45.9. The molecule has 1 saturated heterocycles. The lowest BCUT2D eigenvalue weighted by molar-refractivity contribution is -0.311. The van der Waals surface area contributed by atoms with Crippen LogP contribution in [0, 0.1) is 0 Å². The zero-order valence-electron chi connectivity index (χ0n) is 16.6. The Morgan fingerprint density at radius 2 is 1.38 bits per heavy atom. The van der Waals surface area contributed by atoms with Gasteiger partial charge < -0.3 is 38.6 Å². The Bertz CT molecular complexity index is 591. The van der Waals surface area contributed by atoms with Crippen LogP contribution in [0.5, 0.6) is 0 Å². The van der Waals surface area contributed by atoms with Gasteiger partial charge in [0.05, 0.1) is 13.2 Å². The van der Waals surface area contributed by atoms with Crippen molar-refractivity contribution in [3.63, 3.8) is 0 Å². The van der Waals surface area contributed by atoms with Crippen LogP contribution in [0.25, 0.3) is 0 Å². The lowest BCUT2D eigenvalue weighted by Gasteiger charge is -2.44. The van der Waals surface area contributed by atoms with Crippen molar-refractivity contribution in [3.8, 4) is 0 Å². The molecule has 6 atom stereocenters. The van der Waals surface area contributed by atoms with Gasteiger partial charge in [-0.15, -0.1) is 0 Å². The van der Waals surface area contributed by atoms with Crippen molar-refractivity contribution in [2.24, 2.45) is 0 Å². The molecule has 1 fully saturated rings. The molecule has 6 unspecified atom stereocenters. The minimum atomic E-state index is -1.39. The second-order valence-corrected chi connectivity index (χ2v) is 6.24. The van der Waals surface area contributed by atoms with E-state index in [0.29, 0.717) is 0 Å². The Labute approximate surface area is 166 Å². The van der Waals surface area contributed by atoms with Gasteiger partial charge in [-0.1, -0.05) is 0 Å². The van der Waals surface area contributed by atoms with Gasteiger partial charge in [0.25, 0.3) is 0 Å². The van der Waals surface area contributed by atoms with Crippen LogP contribution in [-0.2, 0) is 47.6 Å². The quantitative estimate of drug-likeness (QED) is 0.325. The molecule has 0 aromatic heterocycles. The molecule has 1 aliphatic rings. The largest absolute Gasteiger partial charge is 0.463 e. The molecule has 1 heterocycles. The first kappa shape index (κ1) is 24.8. The van der Waals surface area contributed by atoms with Gasteiger partial charge in [-0.2, -0.15) is 0 Å². The molecule has 12 heteroatoms. The monoisotopic (exact) mass is 422 g/mol. The van der Waals surface area contributed by atoms with E-state index in [1.807, 2.05) is 0 Å². The SMILES string of the molecule is CC(=O)OCC1OC(OCC(O)CO)C(OC(C)=O)C(OC(C)=O)C1OC(C)=O. The number of ether oxygens (including phenoxy) is 6. The summed E-state index contributed by atoms with van der Waals surface area (Å²) in [6.45, 7) is 3.04. The van der Waals surface area contributed by atoms with Gasteiger partial charge in [-0.25, -0.2) is 0 Å². The number of aliphatic hydroxyl groups excluding tert-OH is 2. The number of carbonyl (C=O) groups excluding carboxylic acids is 4. The summed E-state index contributed by atoms with van der Waals surface area (Å²) in [6, 6.07) is 0. The van der Waals surface area contributed by atoms with Crippen molar-refractivity contribution in [3.05, 3.63) is 0 Å². The zero-order chi connectivity index (χ0) is 22.1. The fourth-order valence-electron chi connectivity index (χ4n) is 2.58. The topological polar surface area (TPSA) is 164 Å². The smallest absolute Gasteiger partial charge is 0.303 e. The van der Waals surface area contributed by atoms with Gasteiger partial charge in [-0.3, -0.25) is 19.2 Å². The maximum atomic E-state index is 11.6. The molecule has 0 aromatic carbocycles. The molecule has 166 valence electrons. The van der Waals surface area contributed by atoms with E-state index >= 15 is 0 Å². The second kappa shape index (κ2) is 11.7. The molecule has 0 bridgehead atoms. The van der Waals surface area contributed by atoms with Crippen molar-refractivity contribution in [1.29, 1.82) is 0 Å². The Morgan fingerprint density at radius 3 is 1.86 bits per heavy atom. The number of rotatable bonds is 9. The molecule has 0 aromatic rings. The Balaban J connectivity index is 3.24. The maximum absolute atomic E-state index is 11.6. The zero-order valence-corrected chi connectivity index (χ0v) is 16.6. The number of carbonyl (C=O) groups is 4. The van der Waals surface area contributed by atoms with Gasteiger partial charge in [0, 0.05) is 27.7 Å². The van der Waals surface area contributed by atoms with Crippen LogP contribution in [0.1, 0.15) is 27.7 Å². The minimum Gasteiger partial charge on any atom is -0.463 e. The number of hydrogen-bond acceptors (Lipinski definition) is 12. The van der Waals surface area contributed by atoms with Crippen LogP contribution in [0.15, 0.2) is 0 Å². The van der Waals surface area contributed by atoms with E-state index in [-0.39, 0.29) is 6.61 Å². The molecule has 0 aliphatic carbocycles. The van der Waals surface area contributed by atoms with E-state index in [4.69, 9.17) is 33.5 Å². The third-order valence-electron chi connectivity index (χ3n) is 3.61. The predicted octanol–water partition coefficient (Wildman–Crippen LogP) is -1.56. The van der Waals surface area contributed by atoms with Gasteiger partial charge >= 0.3 is 23.9 Å². The lowest BCUT2D eigenvalue weighted by Crippen LogP contribution is -2.63. The standard InChI is InChI=1S/C17H26O12/c1-8(19)24-7-13-14(26-9(2)20)15(27-10(3)21)16(28-11(4)22)17(29-13)25-6-12(23)5-18/h12-18,23H,5-7H2,1-4H3. The molecule has 0 radical (unpaired) electrons. The van der Waals surface area contributed by atoms with Crippen molar-refractivity contribution in [2.75, 3.05) is 19.8 Å². The molecule has 29 heavy (non-hydrogen) atoms. The molecule has 0 saturated carbocycles. The van der Waals surface area contributed by atoms with Crippen molar-refractivity contribution >= 4 is 23.9 Å². The van der Waals surface area contributed by atoms with E-state index < -0.39 is 73.9 Å². The van der Waals surface area contributed by atoms with E-state index in [0.717, 1.165) is 27.7 Å². The van der Waals surface area contributed by atoms with Gasteiger partial charge in [0.15, 0.2) is 24.6 Å². The predicted molar refractivity (Wildman–Crippen MR) is 91.0 cm³/mol. The Morgan fingerprint density at radius 1 is 0.862 bits per heavy atom. The fraction of sp³-hybridized carbons (Fsp3) is 0.765. The first-order valence-electron chi connectivity index (χ1n) is 8.76. The summed E-state index contributed by atoms with van der Waals surface area (Å²) in [5.41, 5.74) is 0. The highest BCUT2D eigenvalue weighted by molar-refractivity contribution is 5.68. The summed E-state index contributed by atoms with van der Waals surface area (Å²) in [6.07, 6.45) is -7.82. The molecule has 12 nitrogen and oxygen atoms in total. The molecular weight excluding hydrogens is 396 g/mol. The van der Waals surface area contributed by atoms with Crippen LogP contribution in [0.2, 0.25) is 0 Å². The summed E-state index contributed by atoms with van der Waals surface area (Å²) in [5.74, 6) is -2.94. The first-order chi connectivity index (χ1) is 13.5. The van der Waals surface area contributed by atoms with E-state index in [2.05, 4.69) is 0 Å². The van der Waals surface area contributed by atoms with Gasteiger partial charge in [-0.05, 0) is 0 Å². The summed E-state index contributed by atoms with van der Waals surface area (Å²) in [7, 11) is 0. The maximum Gasteiger partial charge on any atom is 0.303 e. The Kier molecular flexibility index (Phi) is 9.95. The van der Waals surface area contributed by atoms with Crippen LogP contribution in [0.4, 0.5) is 0 Å². The average Bonchev–Trinajstić information content (AvgIpc) is 2.60. The highest BCUT2D eigenvalue weighted by atomic mass is 16.7. The number of hydrogen-bond donors (Lipinski definition) is 2. The molecular formula is C17H26O12. The third kappa shape index (κ3) is 8.31. The van der Waals surface area contributed by atoms with Crippen LogP contribution in [-0.4, -0.2) is 90.7 Å². The minimum absolute atomic E-state index is 0.389. The molecule has 1 rings (SSSR count). The second-order valence-electron chi connectivity index (χ2n) is 6.24. The van der Waals surface area contributed by atoms with E-state index in [9.17, 15) is 24.3 Å².